The third-order valence-electron chi connectivity index (χ3n) is 4.38. The van der Waals surface area contributed by atoms with E-state index in [1.54, 1.807) is 30.3 Å². The Bertz CT molecular complexity index is 1160. The molecule has 0 aromatic heterocycles. The number of carbonyl (C=O) groups excluding carboxylic acids is 1. The summed E-state index contributed by atoms with van der Waals surface area (Å²) in [5, 5.41) is 5.30. The van der Waals surface area contributed by atoms with Gasteiger partial charge in [-0.3, -0.25) is 0 Å². The molecule has 3 aromatic rings. The first kappa shape index (κ1) is 20.5. The minimum Gasteiger partial charge on any atom is -0.487 e. The Hall–Kier alpha value is -2.79. The summed E-state index contributed by atoms with van der Waals surface area (Å²) in [7, 11) is 0. The first-order chi connectivity index (χ1) is 14.5. The second-order valence-corrected chi connectivity index (χ2v) is 7.74. The first-order valence-electron chi connectivity index (χ1n) is 8.94. The van der Waals surface area contributed by atoms with Crippen molar-refractivity contribution >= 4 is 52.6 Å². The van der Waals surface area contributed by atoms with Crippen LogP contribution in [0.3, 0.4) is 0 Å². The van der Waals surface area contributed by atoms with Crippen LogP contribution >= 0.6 is 34.8 Å². The molecule has 0 aliphatic carbocycles. The largest absolute Gasteiger partial charge is 0.487 e. The van der Waals surface area contributed by atoms with Gasteiger partial charge in [0.05, 0.1) is 10.6 Å². The van der Waals surface area contributed by atoms with Gasteiger partial charge in [0.15, 0.2) is 0 Å². The van der Waals surface area contributed by atoms with Gasteiger partial charge < -0.3 is 9.57 Å². The van der Waals surface area contributed by atoms with Crippen LogP contribution in [0.5, 0.6) is 5.75 Å². The fourth-order valence-electron chi connectivity index (χ4n) is 2.95. The highest BCUT2D eigenvalue weighted by Gasteiger charge is 2.27. The van der Waals surface area contributed by atoms with Gasteiger partial charge in [-0.2, -0.15) is 0 Å². The van der Waals surface area contributed by atoms with E-state index in [0.29, 0.717) is 32.1 Å². The highest BCUT2D eigenvalue weighted by Crippen LogP contribution is 2.35. The van der Waals surface area contributed by atoms with Crippen LogP contribution in [0.2, 0.25) is 15.1 Å². The number of carbonyl (C=O) groups is 1. The second kappa shape index (κ2) is 8.92. The van der Waals surface area contributed by atoms with Crippen LogP contribution in [0.25, 0.3) is 6.08 Å². The van der Waals surface area contributed by atoms with Crippen molar-refractivity contribution in [1.82, 2.24) is 0 Å². The highest BCUT2D eigenvalue weighted by molar-refractivity contribution is 6.36. The van der Waals surface area contributed by atoms with Crippen molar-refractivity contribution in [2.45, 2.75) is 6.61 Å². The van der Waals surface area contributed by atoms with Crippen LogP contribution in [0.15, 0.2) is 77.5 Å². The van der Waals surface area contributed by atoms with Crippen LogP contribution in [0.4, 0.5) is 0 Å². The number of rotatable bonds is 5. The van der Waals surface area contributed by atoms with Crippen LogP contribution in [-0.4, -0.2) is 11.7 Å². The molecule has 0 N–H and O–H groups in total. The normalized spacial score (nSPS) is 14.6. The Kier molecular flexibility index (Phi) is 6.09. The summed E-state index contributed by atoms with van der Waals surface area (Å²) in [4.78, 5) is 17.2. The van der Waals surface area contributed by atoms with Crippen molar-refractivity contribution in [2.75, 3.05) is 0 Å². The summed E-state index contributed by atoms with van der Waals surface area (Å²) >= 11 is 18.5. The predicted octanol–water partition coefficient (Wildman–Crippen LogP) is 6.57. The van der Waals surface area contributed by atoms with Crippen molar-refractivity contribution in [3.8, 4) is 5.75 Å². The molecule has 3 aromatic carbocycles. The molecule has 0 bridgehead atoms. The van der Waals surface area contributed by atoms with Gasteiger partial charge >= 0.3 is 5.97 Å². The molecule has 4 nitrogen and oxygen atoms in total. The van der Waals surface area contributed by atoms with Gasteiger partial charge in [-0.1, -0.05) is 82.4 Å². The third-order valence-corrected chi connectivity index (χ3v) is 5.13. The van der Waals surface area contributed by atoms with E-state index < -0.39 is 5.97 Å². The van der Waals surface area contributed by atoms with E-state index in [1.165, 1.54) is 0 Å². The molecule has 0 radical (unpaired) electrons. The zero-order chi connectivity index (χ0) is 21.1. The molecule has 0 amide bonds. The zero-order valence-electron chi connectivity index (χ0n) is 15.4. The number of hydrogen-bond donors (Lipinski definition) is 0. The topological polar surface area (TPSA) is 47.9 Å². The van der Waals surface area contributed by atoms with E-state index in [4.69, 9.17) is 44.4 Å². The molecule has 0 fully saturated rings. The van der Waals surface area contributed by atoms with Gasteiger partial charge in [0.1, 0.15) is 18.1 Å². The molecule has 30 heavy (non-hydrogen) atoms. The lowest BCUT2D eigenvalue weighted by Crippen LogP contribution is -2.07. The van der Waals surface area contributed by atoms with Crippen LogP contribution < -0.4 is 4.74 Å². The van der Waals surface area contributed by atoms with Gasteiger partial charge in [0.25, 0.3) is 0 Å². The second-order valence-electron chi connectivity index (χ2n) is 6.46. The lowest BCUT2D eigenvalue weighted by atomic mass is 10.0. The standard InChI is InChI=1S/C23H14Cl3NO3/c24-17-8-6-14(7-9-17)13-29-22-16(10-18(25)12-20(22)26)11-19-21(27-30-23(19)28)15-4-2-1-3-5-15/h1-12H,13H2/b19-11-. The Morgan fingerprint density at radius 3 is 2.40 bits per heavy atom. The van der Waals surface area contributed by atoms with Crippen molar-refractivity contribution in [1.29, 1.82) is 0 Å². The number of oxime groups is 1. The smallest absolute Gasteiger partial charge is 0.368 e. The summed E-state index contributed by atoms with van der Waals surface area (Å²) in [5.41, 5.74) is 2.93. The minimum absolute atomic E-state index is 0.263. The molecule has 0 unspecified atom stereocenters. The van der Waals surface area contributed by atoms with Gasteiger partial charge in [-0.15, -0.1) is 0 Å². The molecule has 0 saturated heterocycles. The number of benzene rings is 3. The monoisotopic (exact) mass is 457 g/mol. The van der Waals surface area contributed by atoms with E-state index >= 15 is 0 Å². The molecule has 0 spiro atoms. The van der Waals surface area contributed by atoms with Crippen molar-refractivity contribution in [3.05, 3.63) is 104 Å². The van der Waals surface area contributed by atoms with Crippen LogP contribution in [0.1, 0.15) is 16.7 Å². The molecule has 7 heteroatoms. The number of halogens is 3. The number of hydrogen-bond acceptors (Lipinski definition) is 4. The Balaban J connectivity index is 1.70. The lowest BCUT2D eigenvalue weighted by Gasteiger charge is -2.13. The maximum absolute atomic E-state index is 12.3. The molecular formula is C23H14Cl3NO3. The molecule has 1 heterocycles. The fourth-order valence-corrected chi connectivity index (χ4v) is 3.63. The number of nitrogens with zero attached hydrogens (tertiary/aromatic N) is 1. The molecule has 150 valence electrons. The van der Waals surface area contributed by atoms with Crippen LogP contribution in [0, 0.1) is 0 Å². The quantitative estimate of drug-likeness (QED) is 0.321. The average Bonchev–Trinajstić information content (AvgIpc) is 3.09. The Morgan fingerprint density at radius 1 is 0.933 bits per heavy atom. The van der Waals surface area contributed by atoms with Crippen molar-refractivity contribution in [2.24, 2.45) is 5.16 Å². The number of ether oxygens (including phenoxy) is 1. The summed E-state index contributed by atoms with van der Waals surface area (Å²) in [5.74, 6) is -0.163. The maximum atomic E-state index is 12.3. The molecule has 1 aliphatic rings. The van der Waals surface area contributed by atoms with Crippen molar-refractivity contribution < 1.29 is 14.4 Å². The zero-order valence-corrected chi connectivity index (χ0v) is 17.7. The Labute approximate surface area is 188 Å². The molecule has 4 rings (SSSR count). The highest BCUT2D eigenvalue weighted by atomic mass is 35.5. The van der Waals surface area contributed by atoms with Gasteiger partial charge in [-0.05, 0) is 35.9 Å². The van der Waals surface area contributed by atoms with E-state index in [0.717, 1.165) is 11.1 Å². The van der Waals surface area contributed by atoms with Gasteiger partial charge in [0, 0.05) is 21.2 Å². The van der Waals surface area contributed by atoms with E-state index in [1.807, 2.05) is 42.5 Å². The van der Waals surface area contributed by atoms with Gasteiger partial charge in [-0.25, -0.2) is 4.79 Å². The molecular weight excluding hydrogens is 445 g/mol. The summed E-state index contributed by atoms with van der Waals surface area (Å²) in [6.45, 7) is 0.263. The molecule has 0 saturated carbocycles. The average molecular weight is 459 g/mol. The van der Waals surface area contributed by atoms with E-state index in [-0.39, 0.29) is 12.2 Å². The molecule has 0 atom stereocenters. The Morgan fingerprint density at radius 2 is 1.67 bits per heavy atom. The molecule has 1 aliphatic heterocycles. The third kappa shape index (κ3) is 4.51. The maximum Gasteiger partial charge on any atom is 0.368 e. The SMILES string of the molecule is O=C1ON=C(c2ccccc2)/C1=C/c1cc(Cl)cc(Cl)c1OCc1ccc(Cl)cc1. The van der Waals surface area contributed by atoms with Crippen LogP contribution in [-0.2, 0) is 16.2 Å². The lowest BCUT2D eigenvalue weighted by molar-refractivity contribution is -0.136. The fraction of sp³-hybridized carbons (Fsp3) is 0.0435. The summed E-state index contributed by atoms with van der Waals surface area (Å²) in [6.07, 6.45) is 1.62. The van der Waals surface area contributed by atoms with E-state index in [2.05, 4.69) is 5.16 Å². The minimum atomic E-state index is -0.561. The summed E-state index contributed by atoms with van der Waals surface area (Å²) in [6, 6.07) is 19.8. The summed E-state index contributed by atoms with van der Waals surface area (Å²) < 4.78 is 5.97. The van der Waals surface area contributed by atoms with Gasteiger partial charge in [0.2, 0.25) is 0 Å². The first-order valence-corrected chi connectivity index (χ1v) is 10.1. The predicted molar refractivity (Wildman–Crippen MR) is 119 cm³/mol. The van der Waals surface area contributed by atoms with E-state index in [9.17, 15) is 4.79 Å². The van der Waals surface area contributed by atoms with Crippen molar-refractivity contribution in [3.63, 3.8) is 0 Å².